The fraction of sp³-hybridized carbons (Fsp3) is 0.391. The van der Waals surface area contributed by atoms with Crippen molar-refractivity contribution in [3.8, 4) is 0 Å². The number of nitrogens with zero attached hydrogens (tertiary/aromatic N) is 1. The SMILES string of the molecule is Cc1c(F)cc(C(N)=O)cc1NC(=O)C1CCN(S(=O)(=O)c2ccc(C(C)C)cc2)CC1. The van der Waals surface area contributed by atoms with Crippen LogP contribution < -0.4 is 11.1 Å². The third kappa shape index (κ3) is 4.99. The second kappa shape index (κ2) is 9.38. The lowest BCUT2D eigenvalue weighted by atomic mass is 9.97. The maximum Gasteiger partial charge on any atom is 0.248 e. The molecule has 32 heavy (non-hydrogen) atoms. The smallest absolute Gasteiger partial charge is 0.248 e. The van der Waals surface area contributed by atoms with Gasteiger partial charge in [0.2, 0.25) is 21.8 Å². The van der Waals surface area contributed by atoms with Crippen LogP contribution in [0.15, 0.2) is 41.3 Å². The van der Waals surface area contributed by atoms with Crippen LogP contribution in [0.5, 0.6) is 0 Å². The quantitative estimate of drug-likeness (QED) is 0.687. The number of hydrogen-bond donors (Lipinski definition) is 2. The Hall–Kier alpha value is -2.78. The van der Waals surface area contributed by atoms with Crippen LogP contribution in [0.4, 0.5) is 10.1 Å². The van der Waals surface area contributed by atoms with Crippen molar-refractivity contribution in [1.29, 1.82) is 0 Å². The minimum atomic E-state index is -3.64. The zero-order chi connectivity index (χ0) is 23.6. The Balaban J connectivity index is 1.66. The summed E-state index contributed by atoms with van der Waals surface area (Å²) in [7, 11) is -3.64. The number of amides is 2. The Morgan fingerprint density at radius 3 is 2.25 bits per heavy atom. The molecular formula is C23H28FN3O4S. The van der Waals surface area contributed by atoms with E-state index in [1.165, 1.54) is 17.3 Å². The molecular weight excluding hydrogens is 433 g/mol. The third-order valence-electron chi connectivity index (χ3n) is 5.90. The van der Waals surface area contributed by atoms with Gasteiger partial charge in [-0.2, -0.15) is 4.31 Å². The van der Waals surface area contributed by atoms with Gasteiger partial charge in [0, 0.05) is 35.8 Å². The van der Waals surface area contributed by atoms with E-state index in [4.69, 9.17) is 5.73 Å². The van der Waals surface area contributed by atoms with Crippen LogP contribution in [0.25, 0.3) is 0 Å². The van der Waals surface area contributed by atoms with Gasteiger partial charge in [-0.25, -0.2) is 12.8 Å². The third-order valence-corrected chi connectivity index (χ3v) is 7.81. The largest absolute Gasteiger partial charge is 0.366 e. The number of carbonyl (C=O) groups is 2. The molecule has 0 aromatic heterocycles. The summed E-state index contributed by atoms with van der Waals surface area (Å²) in [5.74, 6) is -1.89. The summed E-state index contributed by atoms with van der Waals surface area (Å²) in [6.07, 6.45) is 0.679. The lowest BCUT2D eigenvalue weighted by Crippen LogP contribution is -2.41. The van der Waals surface area contributed by atoms with Gasteiger partial charge in [-0.05, 0) is 55.5 Å². The Labute approximate surface area is 187 Å². The van der Waals surface area contributed by atoms with E-state index in [0.29, 0.717) is 18.8 Å². The molecule has 0 spiro atoms. The Kier molecular flexibility index (Phi) is 7.00. The fourth-order valence-corrected chi connectivity index (χ4v) is 5.19. The highest BCUT2D eigenvalue weighted by atomic mass is 32.2. The highest BCUT2D eigenvalue weighted by Crippen LogP contribution is 2.27. The van der Waals surface area contributed by atoms with Crippen molar-refractivity contribution in [3.63, 3.8) is 0 Å². The van der Waals surface area contributed by atoms with Gasteiger partial charge in [0.1, 0.15) is 5.82 Å². The van der Waals surface area contributed by atoms with Crippen molar-refractivity contribution >= 4 is 27.5 Å². The number of anilines is 1. The molecule has 3 N–H and O–H groups in total. The number of halogens is 1. The summed E-state index contributed by atoms with van der Waals surface area (Å²) in [5, 5.41) is 2.66. The number of sulfonamides is 1. The molecule has 1 aliphatic heterocycles. The summed E-state index contributed by atoms with van der Waals surface area (Å²) in [6, 6.07) is 9.25. The fourth-order valence-electron chi connectivity index (χ4n) is 3.72. The molecule has 0 unspecified atom stereocenters. The van der Waals surface area contributed by atoms with Crippen LogP contribution in [-0.4, -0.2) is 37.6 Å². The molecule has 1 aliphatic rings. The van der Waals surface area contributed by atoms with Gasteiger partial charge in [0.25, 0.3) is 0 Å². The summed E-state index contributed by atoms with van der Waals surface area (Å²) < 4.78 is 41.4. The lowest BCUT2D eigenvalue weighted by Gasteiger charge is -2.30. The van der Waals surface area contributed by atoms with Crippen molar-refractivity contribution in [2.75, 3.05) is 18.4 Å². The van der Waals surface area contributed by atoms with E-state index in [1.54, 1.807) is 12.1 Å². The van der Waals surface area contributed by atoms with E-state index >= 15 is 0 Å². The van der Waals surface area contributed by atoms with Gasteiger partial charge in [0.15, 0.2) is 0 Å². The standard InChI is InChI=1S/C23H28FN3O4S/c1-14(2)16-4-6-19(7-5-16)32(30,31)27-10-8-17(9-11-27)23(29)26-21-13-18(22(25)28)12-20(24)15(21)3/h4-7,12-14,17H,8-11H2,1-3H3,(H2,25,28)(H,26,29). The lowest BCUT2D eigenvalue weighted by molar-refractivity contribution is -0.120. The molecule has 7 nitrogen and oxygen atoms in total. The van der Waals surface area contributed by atoms with E-state index in [0.717, 1.165) is 11.6 Å². The predicted octanol–water partition coefficient (Wildman–Crippen LogP) is 3.40. The van der Waals surface area contributed by atoms with Crippen molar-refractivity contribution in [2.24, 2.45) is 11.7 Å². The molecule has 1 fully saturated rings. The van der Waals surface area contributed by atoms with Gasteiger partial charge in [0.05, 0.1) is 4.90 Å². The van der Waals surface area contributed by atoms with Crippen LogP contribution in [0, 0.1) is 18.7 Å². The zero-order valence-electron chi connectivity index (χ0n) is 18.4. The number of carbonyl (C=O) groups excluding carboxylic acids is 2. The molecule has 2 amide bonds. The first kappa shape index (κ1) is 23.9. The molecule has 172 valence electrons. The van der Waals surface area contributed by atoms with Gasteiger partial charge in [-0.15, -0.1) is 0 Å². The van der Waals surface area contributed by atoms with Gasteiger partial charge >= 0.3 is 0 Å². The van der Waals surface area contributed by atoms with Crippen molar-refractivity contribution in [3.05, 3.63) is 58.9 Å². The van der Waals surface area contributed by atoms with Crippen LogP contribution >= 0.6 is 0 Å². The molecule has 2 aromatic rings. The Bertz CT molecular complexity index is 1120. The molecule has 0 aliphatic carbocycles. The van der Waals surface area contributed by atoms with Gasteiger partial charge < -0.3 is 11.1 Å². The topological polar surface area (TPSA) is 110 Å². The van der Waals surface area contributed by atoms with Crippen molar-refractivity contribution in [2.45, 2.75) is 44.4 Å². The van der Waals surface area contributed by atoms with Gasteiger partial charge in [-0.1, -0.05) is 26.0 Å². The number of nitrogens with two attached hydrogens (primary N) is 1. The minimum Gasteiger partial charge on any atom is -0.366 e. The number of rotatable bonds is 6. The summed E-state index contributed by atoms with van der Waals surface area (Å²) in [5.41, 5.74) is 6.63. The molecule has 0 saturated carbocycles. The molecule has 0 radical (unpaired) electrons. The van der Waals surface area contributed by atoms with Crippen LogP contribution in [0.1, 0.15) is 54.1 Å². The van der Waals surface area contributed by atoms with Crippen LogP contribution in [0.2, 0.25) is 0 Å². The Morgan fingerprint density at radius 2 is 1.72 bits per heavy atom. The van der Waals surface area contributed by atoms with E-state index in [1.807, 2.05) is 26.0 Å². The normalized spacial score (nSPS) is 15.7. The van der Waals surface area contributed by atoms with Crippen LogP contribution in [0.3, 0.4) is 0 Å². The molecule has 0 bridgehead atoms. The molecule has 0 atom stereocenters. The van der Waals surface area contributed by atoms with E-state index < -0.39 is 27.7 Å². The second-order valence-corrected chi connectivity index (χ2v) is 10.3. The summed E-state index contributed by atoms with van der Waals surface area (Å²) in [4.78, 5) is 24.3. The van der Waals surface area contributed by atoms with E-state index in [-0.39, 0.29) is 40.7 Å². The molecule has 1 heterocycles. The van der Waals surface area contributed by atoms with Crippen molar-refractivity contribution in [1.82, 2.24) is 4.31 Å². The van der Waals surface area contributed by atoms with Crippen molar-refractivity contribution < 1.29 is 22.4 Å². The first-order chi connectivity index (χ1) is 15.0. The molecule has 2 aromatic carbocycles. The average molecular weight is 462 g/mol. The Morgan fingerprint density at radius 1 is 1.12 bits per heavy atom. The highest BCUT2D eigenvalue weighted by molar-refractivity contribution is 7.89. The molecule has 9 heteroatoms. The maximum absolute atomic E-state index is 14.1. The van der Waals surface area contributed by atoms with E-state index in [2.05, 4.69) is 5.32 Å². The second-order valence-electron chi connectivity index (χ2n) is 8.39. The number of nitrogens with one attached hydrogen (secondary N) is 1. The van der Waals surface area contributed by atoms with Crippen LogP contribution in [-0.2, 0) is 14.8 Å². The molecule has 1 saturated heterocycles. The number of hydrogen-bond acceptors (Lipinski definition) is 4. The summed E-state index contributed by atoms with van der Waals surface area (Å²) >= 11 is 0. The van der Waals surface area contributed by atoms with E-state index in [9.17, 15) is 22.4 Å². The number of benzene rings is 2. The zero-order valence-corrected chi connectivity index (χ0v) is 19.2. The monoisotopic (exact) mass is 461 g/mol. The number of primary amides is 1. The average Bonchev–Trinajstić information content (AvgIpc) is 2.76. The highest BCUT2D eigenvalue weighted by Gasteiger charge is 2.32. The summed E-state index contributed by atoms with van der Waals surface area (Å²) in [6.45, 7) is 6.00. The number of piperidine rings is 1. The first-order valence-electron chi connectivity index (χ1n) is 10.5. The first-order valence-corrected chi connectivity index (χ1v) is 12.0. The minimum absolute atomic E-state index is 0.0344. The predicted molar refractivity (Wildman–Crippen MR) is 120 cm³/mol. The maximum atomic E-state index is 14.1. The van der Waals surface area contributed by atoms with Gasteiger partial charge in [-0.3, -0.25) is 9.59 Å². The molecule has 3 rings (SSSR count).